The normalized spacial score (nSPS) is 17.8. The van der Waals surface area contributed by atoms with Gasteiger partial charge in [-0.2, -0.15) is 0 Å². The minimum atomic E-state index is 0.299. The van der Waals surface area contributed by atoms with E-state index in [9.17, 15) is 0 Å². The average Bonchev–Trinajstić information content (AvgIpc) is 2.55. The van der Waals surface area contributed by atoms with Crippen LogP contribution in [0.15, 0.2) is 36.4 Å². The van der Waals surface area contributed by atoms with Crippen molar-refractivity contribution in [2.75, 3.05) is 7.05 Å². The monoisotopic (exact) mass is 283 g/mol. The summed E-state index contributed by atoms with van der Waals surface area (Å²) in [5.41, 5.74) is 1.27. The molecule has 0 saturated heterocycles. The highest BCUT2D eigenvalue weighted by molar-refractivity contribution is 5.89. The molecule has 0 heterocycles. The molecule has 2 aromatic rings. The van der Waals surface area contributed by atoms with E-state index < -0.39 is 0 Å². The quantitative estimate of drug-likeness (QED) is 0.867. The van der Waals surface area contributed by atoms with Gasteiger partial charge in [-0.1, -0.05) is 42.8 Å². The summed E-state index contributed by atoms with van der Waals surface area (Å²) >= 11 is 0. The van der Waals surface area contributed by atoms with E-state index in [4.69, 9.17) is 4.74 Å². The number of rotatable bonds is 4. The molecule has 1 N–H and O–H groups in total. The van der Waals surface area contributed by atoms with Crippen LogP contribution in [0.5, 0.6) is 5.75 Å². The van der Waals surface area contributed by atoms with Crippen molar-refractivity contribution in [1.29, 1.82) is 0 Å². The fourth-order valence-electron chi connectivity index (χ4n) is 3.24. The molecule has 1 aliphatic carbocycles. The molecule has 0 aromatic heterocycles. The Morgan fingerprint density at radius 1 is 1.05 bits per heavy atom. The molecule has 1 saturated carbocycles. The molecule has 1 aliphatic rings. The van der Waals surface area contributed by atoms with Gasteiger partial charge in [0.15, 0.2) is 0 Å². The highest BCUT2D eigenvalue weighted by Gasteiger charge is 2.20. The molecule has 2 aromatic carbocycles. The van der Waals surface area contributed by atoms with Crippen molar-refractivity contribution in [3.05, 3.63) is 42.0 Å². The Balaban J connectivity index is 2.02. The maximum absolute atomic E-state index is 6.48. The van der Waals surface area contributed by atoms with Gasteiger partial charge in [-0.15, -0.1) is 0 Å². The molecule has 21 heavy (non-hydrogen) atoms. The van der Waals surface area contributed by atoms with E-state index in [2.05, 4.69) is 48.6 Å². The van der Waals surface area contributed by atoms with Gasteiger partial charge in [0.2, 0.25) is 0 Å². The summed E-state index contributed by atoms with van der Waals surface area (Å²) in [5, 5.41) is 5.84. The fraction of sp³-hybridized carbons (Fsp3) is 0.474. The Labute approximate surface area is 127 Å². The maximum atomic E-state index is 6.48. The number of ether oxygens (including phenoxy) is 1. The van der Waals surface area contributed by atoms with E-state index in [1.165, 1.54) is 48.4 Å². The van der Waals surface area contributed by atoms with Crippen LogP contribution in [0.4, 0.5) is 0 Å². The molecule has 0 aliphatic heterocycles. The summed E-state index contributed by atoms with van der Waals surface area (Å²) in [4.78, 5) is 0. The lowest BCUT2D eigenvalue weighted by atomic mass is 9.96. The second-order valence-corrected chi connectivity index (χ2v) is 6.09. The molecule has 1 fully saturated rings. The van der Waals surface area contributed by atoms with Gasteiger partial charge >= 0.3 is 0 Å². The predicted molar refractivity (Wildman–Crippen MR) is 88.9 cm³/mol. The minimum absolute atomic E-state index is 0.299. The maximum Gasteiger partial charge on any atom is 0.132 e. The van der Waals surface area contributed by atoms with Crippen LogP contribution in [0.3, 0.4) is 0 Å². The Morgan fingerprint density at radius 2 is 1.81 bits per heavy atom. The lowest BCUT2D eigenvalue weighted by Crippen LogP contribution is -2.22. The SMILES string of the molecule is CNC(C)c1ccc2ccccc2c1OC1CCCCC1. The zero-order chi connectivity index (χ0) is 14.7. The highest BCUT2D eigenvalue weighted by atomic mass is 16.5. The van der Waals surface area contributed by atoms with Crippen molar-refractivity contribution in [1.82, 2.24) is 5.32 Å². The van der Waals surface area contributed by atoms with Crippen LogP contribution >= 0.6 is 0 Å². The van der Waals surface area contributed by atoms with Crippen LogP contribution in [0.2, 0.25) is 0 Å². The van der Waals surface area contributed by atoms with Gasteiger partial charge < -0.3 is 10.1 Å². The molecule has 0 spiro atoms. The summed E-state index contributed by atoms with van der Waals surface area (Å²) in [6.45, 7) is 2.19. The van der Waals surface area contributed by atoms with Crippen molar-refractivity contribution in [3.8, 4) is 5.75 Å². The van der Waals surface area contributed by atoms with Crippen LogP contribution in [0.25, 0.3) is 10.8 Å². The van der Waals surface area contributed by atoms with Crippen LogP contribution < -0.4 is 10.1 Å². The fourth-order valence-corrected chi connectivity index (χ4v) is 3.24. The Kier molecular flexibility index (Phi) is 4.45. The van der Waals surface area contributed by atoms with E-state index >= 15 is 0 Å². The van der Waals surface area contributed by atoms with Crippen molar-refractivity contribution in [3.63, 3.8) is 0 Å². The third-order valence-corrected chi connectivity index (χ3v) is 4.65. The van der Waals surface area contributed by atoms with Crippen LogP contribution in [-0.2, 0) is 0 Å². The molecular weight excluding hydrogens is 258 g/mol. The lowest BCUT2D eigenvalue weighted by molar-refractivity contribution is 0.155. The molecule has 112 valence electrons. The average molecular weight is 283 g/mol. The number of benzene rings is 2. The molecule has 0 amide bonds. The first-order valence-electron chi connectivity index (χ1n) is 8.15. The molecule has 2 heteroatoms. The van der Waals surface area contributed by atoms with E-state index in [1.807, 2.05) is 7.05 Å². The first-order chi connectivity index (χ1) is 10.3. The van der Waals surface area contributed by atoms with Crippen LogP contribution in [0.1, 0.15) is 50.6 Å². The van der Waals surface area contributed by atoms with Crippen molar-refractivity contribution in [2.24, 2.45) is 0 Å². The number of nitrogens with one attached hydrogen (secondary N) is 1. The predicted octanol–water partition coefficient (Wildman–Crippen LogP) is 4.83. The molecular formula is C19H25NO. The summed E-state index contributed by atoms with van der Waals surface area (Å²) in [7, 11) is 2.00. The van der Waals surface area contributed by atoms with Crippen molar-refractivity contribution in [2.45, 2.75) is 51.2 Å². The van der Waals surface area contributed by atoms with Gasteiger partial charge in [-0.05, 0) is 45.0 Å². The van der Waals surface area contributed by atoms with Gasteiger partial charge in [-0.25, -0.2) is 0 Å². The number of hydrogen-bond acceptors (Lipinski definition) is 2. The zero-order valence-electron chi connectivity index (χ0n) is 13.1. The van der Waals surface area contributed by atoms with E-state index in [0.29, 0.717) is 12.1 Å². The third-order valence-electron chi connectivity index (χ3n) is 4.65. The van der Waals surface area contributed by atoms with Gasteiger partial charge in [0, 0.05) is 17.0 Å². The second-order valence-electron chi connectivity index (χ2n) is 6.09. The highest BCUT2D eigenvalue weighted by Crippen LogP contribution is 2.36. The Morgan fingerprint density at radius 3 is 2.57 bits per heavy atom. The largest absolute Gasteiger partial charge is 0.489 e. The molecule has 1 unspecified atom stereocenters. The topological polar surface area (TPSA) is 21.3 Å². The summed E-state index contributed by atoms with van der Waals surface area (Å²) < 4.78 is 6.48. The van der Waals surface area contributed by atoms with E-state index in [1.54, 1.807) is 0 Å². The van der Waals surface area contributed by atoms with Crippen LogP contribution in [0, 0.1) is 0 Å². The second kappa shape index (κ2) is 6.48. The molecule has 1 atom stereocenters. The lowest BCUT2D eigenvalue weighted by Gasteiger charge is -2.26. The molecule has 3 rings (SSSR count). The third kappa shape index (κ3) is 3.06. The minimum Gasteiger partial charge on any atom is -0.489 e. The van der Waals surface area contributed by atoms with Gasteiger partial charge in [-0.3, -0.25) is 0 Å². The Hall–Kier alpha value is -1.54. The van der Waals surface area contributed by atoms with Crippen molar-refractivity contribution < 1.29 is 4.74 Å². The van der Waals surface area contributed by atoms with Crippen molar-refractivity contribution >= 4 is 10.8 Å². The van der Waals surface area contributed by atoms with E-state index in [0.717, 1.165) is 5.75 Å². The Bertz CT molecular complexity index is 602. The molecule has 0 radical (unpaired) electrons. The summed E-state index contributed by atoms with van der Waals surface area (Å²) in [6.07, 6.45) is 6.72. The number of fused-ring (bicyclic) bond motifs is 1. The molecule has 0 bridgehead atoms. The summed E-state index contributed by atoms with van der Waals surface area (Å²) in [5.74, 6) is 1.09. The van der Waals surface area contributed by atoms with Gasteiger partial charge in [0.1, 0.15) is 5.75 Å². The first kappa shape index (κ1) is 14.4. The first-order valence-corrected chi connectivity index (χ1v) is 8.15. The zero-order valence-corrected chi connectivity index (χ0v) is 13.1. The number of hydrogen-bond donors (Lipinski definition) is 1. The van der Waals surface area contributed by atoms with Gasteiger partial charge in [0.05, 0.1) is 6.10 Å². The van der Waals surface area contributed by atoms with Crippen LogP contribution in [-0.4, -0.2) is 13.2 Å². The van der Waals surface area contributed by atoms with E-state index in [-0.39, 0.29) is 0 Å². The van der Waals surface area contributed by atoms with Gasteiger partial charge in [0.25, 0.3) is 0 Å². The standard InChI is InChI=1S/C19H25NO/c1-14(20-2)17-13-12-15-8-6-7-11-18(15)19(17)21-16-9-4-3-5-10-16/h6-8,11-14,16,20H,3-5,9-10H2,1-2H3. The molecule has 2 nitrogen and oxygen atoms in total. The smallest absolute Gasteiger partial charge is 0.132 e. The summed E-state index contributed by atoms with van der Waals surface area (Å²) in [6, 6.07) is 13.2.